The van der Waals surface area contributed by atoms with Crippen LogP contribution >= 0.6 is 0 Å². The molecular weight excluding hydrogens is 218 g/mol. The molecule has 0 spiro atoms. The van der Waals surface area contributed by atoms with Crippen molar-refractivity contribution in [1.82, 2.24) is 20.2 Å². The van der Waals surface area contributed by atoms with E-state index < -0.39 is 0 Å². The Balaban J connectivity index is 1.89. The number of nitrogens with one attached hydrogen (secondary N) is 2. The molecule has 0 bridgehead atoms. The SMILES string of the molecule is CC1CN(Cc2n[nH]c(=O)[nH]2)c2cccnc21. The molecule has 0 aliphatic carbocycles. The van der Waals surface area contributed by atoms with Crippen molar-refractivity contribution >= 4 is 5.69 Å². The van der Waals surface area contributed by atoms with Gasteiger partial charge < -0.3 is 4.90 Å². The third-order valence-electron chi connectivity index (χ3n) is 3.01. The summed E-state index contributed by atoms with van der Waals surface area (Å²) in [6, 6.07) is 3.98. The van der Waals surface area contributed by atoms with Crippen LogP contribution in [0.3, 0.4) is 0 Å². The van der Waals surface area contributed by atoms with E-state index in [1.165, 1.54) is 0 Å². The van der Waals surface area contributed by atoms with Crippen LogP contribution in [0.4, 0.5) is 5.69 Å². The summed E-state index contributed by atoms with van der Waals surface area (Å²) in [5.74, 6) is 1.07. The van der Waals surface area contributed by atoms with Crippen molar-refractivity contribution in [3.05, 3.63) is 40.3 Å². The Labute approximate surface area is 97.7 Å². The minimum Gasteiger partial charge on any atom is -0.362 e. The summed E-state index contributed by atoms with van der Waals surface area (Å²) in [5, 5.41) is 6.30. The smallest absolute Gasteiger partial charge is 0.340 e. The van der Waals surface area contributed by atoms with Gasteiger partial charge in [-0.2, -0.15) is 5.10 Å². The highest BCUT2D eigenvalue weighted by atomic mass is 16.1. The molecule has 0 saturated heterocycles. The van der Waals surface area contributed by atoms with Crippen LogP contribution in [0.1, 0.15) is 24.4 Å². The largest absolute Gasteiger partial charge is 0.362 e. The van der Waals surface area contributed by atoms with E-state index in [-0.39, 0.29) is 5.69 Å². The number of hydrogen-bond acceptors (Lipinski definition) is 4. The fourth-order valence-electron chi connectivity index (χ4n) is 2.28. The number of fused-ring (bicyclic) bond motifs is 1. The van der Waals surface area contributed by atoms with Crippen molar-refractivity contribution in [3.8, 4) is 0 Å². The second-order valence-corrected chi connectivity index (χ2v) is 4.31. The highest BCUT2D eigenvalue weighted by Gasteiger charge is 2.26. The van der Waals surface area contributed by atoms with Crippen molar-refractivity contribution in [2.75, 3.05) is 11.4 Å². The van der Waals surface area contributed by atoms with Crippen molar-refractivity contribution < 1.29 is 0 Å². The molecule has 0 aromatic carbocycles. The van der Waals surface area contributed by atoms with Gasteiger partial charge in [-0.1, -0.05) is 6.92 Å². The van der Waals surface area contributed by atoms with Crippen LogP contribution in [-0.4, -0.2) is 26.7 Å². The summed E-state index contributed by atoms with van der Waals surface area (Å²) < 4.78 is 0. The first kappa shape index (κ1) is 10.1. The molecule has 2 N–H and O–H groups in total. The average Bonchev–Trinajstić information content (AvgIpc) is 2.86. The molecule has 3 heterocycles. The van der Waals surface area contributed by atoms with E-state index in [0.29, 0.717) is 18.3 Å². The maximum absolute atomic E-state index is 11.0. The van der Waals surface area contributed by atoms with Crippen molar-refractivity contribution in [1.29, 1.82) is 0 Å². The molecule has 2 aromatic heterocycles. The topological polar surface area (TPSA) is 77.7 Å². The fraction of sp³-hybridized carbons (Fsp3) is 0.364. The second kappa shape index (κ2) is 3.73. The van der Waals surface area contributed by atoms with Gasteiger partial charge in [-0.25, -0.2) is 9.89 Å². The quantitative estimate of drug-likeness (QED) is 0.794. The lowest BCUT2D eigenvalue weighted by molar-refractivity contribution is 0.718. The summed E-state index contributed by atoms with van der Waals surface area (Å²) in [5.41, 5.74) is 1.98. The summed E-state index contributed by atoms with van der Waals surface area (Å²) in [7, 11) is 0. The van der Waals surface area contributed by atoms with Gasteiger partial charge in [0, 0.05) is 18.7 Å². The molecule has 0 amide bonds. The number of anilines is 1. The Kier molecular flexibility index (Phi) is 2.21. The highest BCUT2D eigenvalue weighted by Crippen LogP contribution is 2.34. The Morgan fingerprint density at radius 3 is 3.24 bits per heavy atom. The highest BCUT2D eigenvalue weighted by molar-refractivity contribution is 5.56. The van der Waals surface area contributed by atoms with Gasteiger partial charge in [-0.15, -0.1) is 0 Å². The molecule has 1 atom stereocenters. The predicted octanol–water partition coefficient (Wildman–Crippen LogP) is 0.617. The number of rotatable bonds is 2. The zero-order valence-electron chi connectivity index (χ0n) is 9.47. The number of hydrogen-bond donors (Lipinski definition) is 2. The van der Waals surface area contributed by atoms with Crippen LogP contribution in [0, 0.1) is 0 Å². The first-order valence-corrected chi connectivity index (χ1v) is 5.57. The molecular formula is C11H13N5O. The molecule has 88 valence electrons. The lowest BCUT2D eigenvalue weighted by Gasteiger charge is -2.17. The second-order valence-electron chi connectivity index (χ2n) is 4.31. The molecule has 0 fully saturated rings. The van der Waals surface area contributed by atoms with Gasteiger partial charge in [0.2, 0.25) is 0 Å². The summed E-state index contributed by atoms with van der Waals surface area (Å²) in [6.45, 7) is 3.65. The molecule has 0 radical (unpaired) electrons. The Bertz CT molecular complexity index is 587. The van der Waals surface area contributed by atoms with Crippen LogP contribution in [0.2, 0.25) is 0 Å². The van der Waals surface area contributed by atoms with E-state index in [0.717, 1.165) is 17.9 Å². The number of nitrogens with zero attached hydrogens (tertiary/aromatic N) is 3. The van der Waals surface area contributed by atoms with E-state index >= 15 is 0 Å². The monoisotopic (exact) mass is 231 g/mol. The van der Waals surface area contributed by atoms with Gasteiger partial charge in [-0.3, -0.25) is 9.97 Å². The Hall–Kier alpha value is -2.11. The summed E-state index contributed by atoms with van der Waals surface area (Å²) in [6.07, 6.45) is 1.81. The maximum Gasteiger partial charge on any atom is 0.340 e. The Morgan fingerprint density at radius 1 is 1.59 bits per heavy atom. The summed E-state index contributed by atoms with van der Waals surface area (Å²) in [4.78, 5) is 20.2. The molecule has 1 aliphatic rings. The van der Waals surface area contributed by atoms with E-state index in [1.54, 1.807) is 0 Å². The minimum absolute atomic E-state index is 0.265. The van der Waals surface area contributed by atoms with Crippen LogP contribution in [0.25, 0.3) is 0 Å². The normalized spacial score (nSPS) is 18.4. The van der Waals surface area contributed by atoms with Gasteiger partial charge in [-0.05, 0) is 12.1 Å². The average molecular weight is 231 g/mol. The Morgan fingerprint density at radius 2 is 2.47 bits per heavy atom. The van der Waals surface area contributed by atoms with Crippen LogP contribution in [-0.2, 0) is 6.54 Å². The van der Waals surface area contributed by atoms with Gasteiger partial charge in [0.25, 0.3) is 0 Å². The molecule has 3 rings (SSSR count). The lowest BCUT2D eigenvalue weighted by Crippen LogP contribution is -2.21. The minimum atomic E-state index is -0.265. The molecule has 1 unspecified atom stereocenters. The lowest BCUT2D eigenvalue weighted by atomic mass is 10.1. The van der Waals surface area contributed by atoms with Crippen molar-refractivity contribution in [2.45, 2.75) is 19.4 Å². The number of pyridine rings is 1. The first-order chi connectivity index (χ1) is 8.24. The van der Waals surface area contributed by atoms with E-state index in [4.69, 9.17) is 0 Å². The fourth-order valence-corrected chi connectivity index (χ4v) is 2.28. The molecule has 1 aliphatic heterocycles. The zero-order valence-corrected chi connectivity index (χ0v) is 9.47. The number of H-pyrrole nitrogens is 2. The standard InChI is InChI=1S/C11H13N5O/c1-7-5-16(6-9-13-11(17)15-14-9)8-3-2-4-12-10(7)8/h2-4,7H,5-6H2,1H3,(H2,13,14,15,17). The maximum atomic E-state index is 11.0. The van der Waals surface area contributed by atoms with Crippen LogP contribution in [0.15, 0.2) is 23.1 Å². The van der Waals surface area contributed by atoms with Gasteiger partial charge in [0.15, 0.2) is 0 Å². The third kappa shape index (κ3) is 1.71. The van der Waals surface area contributed by atoms with Gasteiger partial charge in [0.1, 0.15) is 5.82 Å². The van der Waals surface area contributed by atoms with E-state index in [9.17, 15) is 4.79 Å². The molecule has 6 heteroatoms. The van der Waals surface area contributed by atoms with E-state index in [1.807, 2.05) is 12.3 Å². The first-order valence-electron chi connectivity index (χ1n) is 5.57. The van der Waals surface area contributed by atoms with Crippen molar-refractivity contribution in [2.24, 2.45) is 0 Å². The summed E-state index contributed by atoms with van der Waals surface area (Å²) >= 11 is 0. The number of aromatic amines is 2. The van der Waals surface area contributed by atoms with Gasteiger partial charge >= 0.3 is 5.69 Å². The molecule has 6 nitrogen and oxygen atoms in total. The predicted molar refractivity (Wildman–Crippen MR) is 62.9 cm³/mol. The molecule has 2 aromatic rings. The number of aromatic nitrogens is 4. The third-order valence-corrected chi connectivity index (χ3v) is 3.01. The van der Waals surface area contributed by atoms with Crippen LogP contribution in [0.5, 0.6) is 0 Å². The molecule has 17 heavy (non-hydrogen) atoms. The van der Waals surface area contributed by atoms with E-state index in [2.05, 4.69) is 38.1 Å². The zero-order chi connectivity index (χ0) is 11.8. The van der Waals surface area contributed by atoms with Crippen LogP contribution < -0.4 is 10.6 Å². The molecule has 0 saturated carbocycles. The van der Waals surface area contributed by atoms with Gasteiger partial charge in [0.05, 0.1) is 17.9 Å². The van der Waals surface area contributed by atoms with Crippen molar-refractivity contribution in [3.63, 3.8) is 0 Å².